The van der Waals surface area contributed by atoms with Crippen molar-refractivity contribution in [2.45, 2.75) is 38.0 Å². The van der Waals surface area contributed by atoms with Gasteiger partial charge in [-0.15, -0.1) is 0 Å². The third-order valence-electron chi connectivity index (χ3n) is 3.06. The monoisotopic (exact) mass is 281 g/mol. The third kappa shape index (κ3) is 5.25. The second-order valence-corrected chi connectivity index (χ2v) is 5.85. The van der Waals surface area contributed by atoms with E-state index >= 15 is 0 Å². The van der Waals surface area contributed by atoms with Gasteiger partial charge in [-0.3, -0.25) is 4.79 Å². The van der Waals surface area contributed by atoms with Crippen LogP contribution in [0.5, 0.6) is 0 Å². The number of esters is 1. The maximum absolute atomic E-state index is 11.2. The minimum atomic E-state index is -0.166. The van der Waals surface area contributed by atoms with Crippen molar-refractivity contribution in [2.75, 3.05) is 12.9 Å². The van der Waals surface area contributed by atoms with Crippen LogP contribution in [0.3, 0.4) is 0 Å². The topological polar surface area (TPSA) is 52.3 Å². The first-order valence-electron chi connectivity index (χ1n) is 6.59. The van der Waals surface area contributed by atoms with E-state index in [4.69, 9.17) is 5.73 Å². The second kappa shape index (κ2) is 8.23. The number of hydrogen-bond acceptors (Lipinski definition) is 4. The molecule has 0 aromatic heterocycles. The standard InChI is InChI=1S/C15H23NO2S/c1-4-13(16)15(19-9-8-14(17)18-3)12-7-5-6-11(2)10-12/h5-7,10,13,15H,4,8-9,16H2,1-3H3. The smallest absolute Gasteiger partial charge is 0.306 e. The number of benzene rings is 1. The van der Waals surface area contributed by atoms with Crippen LogP contribution in [-0.2, 0) is 9.53 Å². The van der Waals surface area contributed by atoms with E-state index in [2.05, 4.69) is 42.8 Å². The van der Waals surface area contributed by atoms with Crippen molar-refractivity contribution in [3.05, 3.63) is 35.4 Å². The van der Waals surface area contributed by atoms with Crippen molar-refractivity contribution in [1.82, 2.24) is 0 Å². The average molecular weight is 281 g/mol. The van der Waals surface area contributed by atoms with Crippen molar-refractivity contribution in [3.63, 3.8) is 0 Å². The molecule has 19 heavy (non-hydrogen) atoms. The summed E-state index contributed by atoms with van der Waals surface area (Å²) < 4.78 is 4.66. The van der Waals surface area contributed by atoms with Crippen LogP contribution in [0.4, 0.5) is 0 Å². The molecule has 0 bridgehead atoms. The van der Waals surface area contributed by atoms with Crippen LogP contribution < -0.4 is 5.73 Å². The van der Waals surface area contributed by atoms with Gasteiger partial charge < -0.3 is 10.5 Å². The minimum absolute atomic E-state index is 0.101. The Kier molecular flexibility index (Phi) is 6.95. The van der Waals surface area contributed by atoms with E-state index in [0.717, 1.165) is 12.2 Å². The number of aryl methyl sites for hydroxylation is 1. The Morgan fingerprint density at radius 3 is 2.79 bits per heavy atom. The lowest BCUT2D eigenvalue weighted by Crippen LogP contribution is -2.26. The molecule has 0 aliphatic rings. The number of rotatable bonds is 7. The van der Waals surface area contributed by atoms with Crippen molar-refractivity contribution in [2.24, 2.45) is 5.73 Å². The first-order valence-corrected chi connectivity index (χ1v) is 7.64. The van der Waals surface area contributed by atoms with E-state index in [0.29, 0.717) is 6.42 Å². The van der Waals surface area contributed by atoms with Crippen LogP contribution in [0.2, 0.25) is 0 Å². The second-order valence-electron chi connectivity index (χ2n) is 4.60. The Morgan fingerprint density at radius 2 is 2.21 bits per heavy atom. The Morgan fingerprint density at radius 1 is 1.47 bits per heavy atom. The molecule has 0 amide bonds. The molecule has 1 aromatic carbocycles. The zero-order valence-corrected chi connectivity index (χ0v) is 12.7. The van der Waals surface area contributed by atoms with Gasteiger partial charge in [0, 0.05) is 17.0 Å². The number of ether oxygens (including phenoxy) is 1. The van der Waals surface area contributed by atoms with Gasteiger partial charge in [0.2, 0.25) is 0 Å². The fourth-order valence-electron chi connectivity index (χ4n) is 1.90. The molecule has 0 spiro atoms. The Labute approximate surface area is 119 Å². The molecular weight excluding hydrogens is 258 g/mol. The van der Waals surface area contributed by atoms with Crippen LogP contribution >= 0.6 is 11.8 Å². The predicted molar refractivity (Wildman–Crippen MR) is 81.3 cm³/mol. The summed E-state index contributed by atoms with van der Waals surface area (Å²) in [5.74, 6) is 0.569. The Hall–Kier alpha value is -1.00. The van der Waals surface area contributed by atoms with E-state index in [1.165, 1.54) is 18.2 Å². The molecule has 1 aromatic rings. The maximum atomic E-state index is 11.2. The molecule has 2 unspecified atom stereocenters. The lowest BCUT2D eigenvalue weighted by Gasteiger charge is -2.23. The quantitative estimate of drug-likeness (QED) is 0.780. The molecule has 2 N–H and O–H groups in total. The van der Waals surface area contributed by atoms with E-state index < -0.39 is 0 Å². The Bertz CT molecular complexity index is 409. The van der Waals surface area contributed by atoms with Gasteiger partial charge in [-0.1, -0.05) is 36.8 Å². The highest BCUT2D eigenvalue weighted by molar-refractivity contribution is 7.99. The van der Waals surface area contributed by atoms with Gasteiger partial charge in [0.25, 0.3) is 0 Å². The number of hydrogen-bond donors (Lipinski definition) is 1. The maximum Gasteiger partial charge on any atom is 0.306 e. The molecule has 1 rings (SSSR count). The highest BCUT2D eigenvalue weighted by Crippen LogP contribution is 2.33. The molecule has 0 aliphatic heterocycles. The number of carbonyl (C=O) groups is 1. The molecule has 106 valence electrons. The lowest BCUT2D eigenvalue weighted by atomic mass is 10.0. The minimum Gasteiger partial charge on any atom is -0.469 e. The molecule has 3 nitrogen and oxygen atoms in total. The number of nitrogens with two attached hydrogens (primary N) is 1. The van der Waals surface area contributed by atoms with Gasteiger partial charge in [0.05, 0.1) is 13.5 Å². The summed E-state index contributed by atoms with van der Waals surface area (Å²) in [7, 11) is 1.42. The highest BCUT2D eigenvalue weighted by Gasteiger charge is 2.19. The molecule has 4 heteroatoms. The highest BCUT2D eigenvalue weighted by atomic mass is 32.2. The number of carbonyl (C=O) groups excluding carboxylic acids is 1. The summed E-state index contributed by atoms with van der Waals surface area (Å²) in [4.78, 5) is 11.2. The third-order valence-corrected chi connectivity index (χ3v) is 4.48. The fourth-order valence-corrected chi connectivity index (χ4v) is 3.22. The van der Waals surface area contributed by atoms with Gasteiger partial charge in [-0.2, -0.15) is 11.8 Å². The first-order chi connectivity index (χ1) is 9.08. The van der Waals surface area contributed by atoms with Gasteiger partial charge in [0.1, 0.15) is 0 Å². The molecule has 0 saturated heterocycles. The number of thioether (sulfide) groups is 1. The summed E-state index contributed by atoms with van der Waals surface area (Å²) >= 11 is 1.73. The van der Waals surface area contributed by atoms with Crippen molar-refractivity contribution in [1.29, 1.82) is 0 Å². The summed E-state index contributed by atoms with van der Waals surface area (Å²) in [6.45, 7) is 4.17. The number of methoxy groups -OCH3 is 1. The van der Waals surface area contributed by atoms with E-state index in [1.54, 1.807) is 11.8 Å². The largest absolute Gasteiger partial charge is 0.469 e. The lowest BCUT2D eigenvalue weighted by molar-refractivity contribution is -0.140. The van der Waals surface area contributed by atoms with Crippen LogP contribution in [0.15, 0.2) is 24.3 Å². The van der Waals surface area contributed by atoms with Gasteiger partial charge >= 0.3 is 5.97 Å². The summed E-state index contributed by atoms with van der Waals surface area (Å²) in [6.07, 6.45) is 1.35. The molecule has 0 heterocycles. The van der Waals surface area contributed by atoms with Gasteiger partial charge in [-0.05, 0) is 18.9 Å². The van der Waals surface area contributed by atoms with Crippen molar-refractivity contribution >= 4 is 17.7 Å². The summed E-state index contributed by atoms with van der Waals surface area (Å²) in [6, 6.07) is 8.52. The van der Waals surface area contributed by atoms with Crippen molar-refractivity contribution < 1.29 is 9.53 Å². The molecule has 0 radical (unpaired) electrons. The van der Waals surface area contributed by atoms with Crippen LogP contribution in [-0.4, -0.2) is 24.9 Å². The van der Waals surface area contributed by atoms with E-state index in [1.807, 2.05) is 0 Å². The zero-order valence-electron chi connectivity index (χ0n) is 11.9. The molecule has 2 atom stereocenters. The molecule has 0 aliphatic carbocycles. The first kappa shape index (κ1) is 16.1. The van der Waals surface area contributed by atoms with E-state index in [9.17, 15) is 4.79 Å². The SMILES string of the molecule is CCC(N)C(SCCC(=O)OC)c1cccc(C)c1. The predicted octanol–water partition coefficient (Wildman–Crippen LogP) is 3.07. The molecule has 0 saturated carbocycles. The van der Waals surface area contributed by atoms with Gasteiger partial charge in [-0.25, -0.2) is 0 Å². The molecule has 0 fully saturated rings. The van der Waals surface area contributed by atoms with E-state index in [-0.39, 0.29) is 17.3 Å². The average Bonchev–Trinajstić information content (AvgIpc) is 2.42. The Balaban J connectivity index is 2.70. The zero-order chi connectivity index (χ0) is 14.3. The summed E-state index contributed by atoms with van der Waals surface area (Å²) in [5.41, 5.74) is 8.69. The van der Waals surface area contributed by atoms with Crippen molar-refractivity contribution in [3.8, 4) is 0 Å². The fraction of sp³-hybridized carbons (Fsp3) is 0.533. The van der Waals surface area contributed by atoms with Crippen LogP contribution in [0.25, 0.3) is 0 Å². The normalized spacial score (nSPS) is 13.9. The van der Waals surface area contributed by atoms with Crippen LogP contribution in [0, 0.1) is 6.92 Å². The van der Waals surface area contributed by atoms with Gasteiger partial charge in [0.15, 0.2) is 0 Å². The molecular formula is C15H23NO2S. The summed E-state index contributed by atoms with van der Waals surface area (Å²) in [5, 5.41) is 0.231. The van der Waals surface area contributed by atoms with Crippen LogP contribution in [0.1, 0.15) is 36.1 Å².